The zero-order valence-corrected chi connectivity index (χ0v) is 22.6. The number of hydrogen-bond donors (Lipinski definition) is 2. The highest BCUT2D eigenvalue weighted by atomic mass is 16.5. The van der Waals surface area contributed by atoms with Gasteiger partial charge in [-0.25, -0.2) is 4.98 Å². The van der Waals surface area contributed by atoms with Gasteiger partial charge in [0, 0.05) is 49.4 Å². The number of carbonyl (C=O) groups is 1. The summed E-state index contributed by atoms with van der Waals surface area (Å²) in [7, 11) is 2.07. The van der Waals surface area contributed by atoms with Crippen molar-refractivity contribution in [2.24, 2.45) is 5.92 Å². The third-order valence-corrected chi connectivity index (χ3v) is 7.73. The monoisotopic (exact) mass is 525 g/mol. The lowest BCUT2D eigenvalue weighted by Crippen LogP contribution is -2.30. The summed E-state index contributed by atoms with van der Waals surface area (Å²) in [6.45, 7) is 7.18. The van der Waals surface area contributed by atoms with Gasteiger partial charge in [0.25, 0.3) is 0 Å². The largest absolute Gasteiger partial charge is 0.461 e. The highest BCUT2D eigenvalue weighted by molar-refractivity contribution is 5.88. The lowest BCUT2D eigenvalue weighted by atomic mass is 10.0. The number of esters is 1. The van der Waals surface area contributed by atoms with Gasteiger partial charge >= 0.3 is 5.97 Å². The number of aromatic nitrogens is 4. The van der Waals surface area contributed by atoms with E-state index in [2.05, 4.69) is 60.3 Å². The molecule has 2 aliphatic rings. The molecule has 0 bridgehead atoms. The highest BCUT2D eigenvalue weighted by Gasteiger charge is 2.32. The minimum Gasteiger partial charge on any atom is -0.461 e. The van der Waals surface area contributed by atoms with E-state index in [4.69, 9.17) is 4.74 Å². The van der Waals surface area contributed by atoms with Crippen molar-refractivity contribution in [3.8, 4) is 22.6 Å². The van der Waals surface area contributed by atoms with Crippen LogP contribution in [0.15, 0.2) is 55.0 Å². The number of hydrogen-bond acceptors (Lipinski definition) is 8. The van der Waals surface area contributed by atoms with Crippen molar-refractivity contribution in [3.63, 3.8) is 0 Å². The summed E-state index contributed by atoms with van der Waals surface area (Å²) < 4.78 is 5.76. The van der Waals surface area contributed by atoms with Crippen LogP contribution in [0.25, 0.3) is 33.5 Å². The number of aryl methyl sites for hydroxylation is 1. The Morgan fingerprint density at radius 2 is 2.05 bits per heavy atom. The van der Waals surface area contributed by atoms with Crippen LogP contribution in [0.2, 0.25) is 0 Å². The van der Waals surface area contributed by atoms with Gasteiger partial charge in [0.2, 0.25) is 0 Å². The van der Waals surface area contributed by atoms with Gasteiger partial charge in [0.1, 0.15) is 6.10 Å². The van der Waals surface area contributed by atoms with E-state index in [0.717, 1.165) is 97.0 Å². The number of H-pyrrole nitrogens is 1. The van der Waals surface area contributed by atoms with Crippen molar-refractivity contribution < 1.29 is 9.53 Å². The molecule has 0 unspecified atom stereocenters. The van der Waals surface area contributed by atoms with E-state index in [0.29, 0.717) is 0 Å². The Morgan fingerprint density at radius 1 is 1.13 bits per heavy atom. The molecule has 9 heteroatoms. The first kappa shape index (κ1) is 25.5. The van der Waals surface area contributed by atoms with Crippen molar-refractivity contribution >= 4 is 22.6 Å². The number of anilines is 1. The van der Waals surface area contributed by atoms with Crippen LogP contribution in [0.1, 0.15) is 18.5 Å². The van der Waals surface area contributed by atoms with Crippen LogP contribution in [0, 0.1) is 12.8 Å². The van der Waals surface area contributed by atoms with Crippen LogP contribution in [0.4, 0.5) is 5.69 Å². The van der Waals surface area contributed by atoms with Gasteiger partial charge in [-0.15, -0.1) is 0 Å². The smallest absolute Gasteiger partial charge is 0.310 e. The molecule has 202 valence electrons. The number of rotatable bonds is 8. The SMILES string of the molecule is Cc1cccc(-c2[nH]cnc2-c2ccc3ncc(NCCN4CC[C@H](C(=O)O[C@@H]5CCN(C)C5)C4)cc3c2)n1. The summed E-state index contributed by atoms with van der Waals surface area (Å²) in [5.41, 5.74) is 6.54. The Labute approximate surface area is 228 Å². The van der Waals surface area contributed by atoms with Gasteiger partial charge in [-0.2, -0.15) is 0 Å². The molecule has 2 aliphatic heterocycles. The fraction of sp³-hybridized carbons (Fsp3) is 0.400. The van der Waals surface area contributed by atoms with Gasteiger partial charge in [-0.3, -0.25) is 14.8 Å². The molecule has 2 saturated heterocycles. The van der Waals surface area contributed by atoms with Crippen molar-refractivity contribution in [2.75, 3.05) is 51.6 Å². The molecule has 1 aromatic carbocycles. The second-order valence-corrected chi connectivity index (χ2v) is 10.7. The van der Waals surface area contributed by atoms with Crippen LogP contribution >= 0.6 is 0 Å². The van der Waals surface area contributed by atoms with Crippen molar-refractivity contribution in [2.45, 2.75) is 25.9 Å². The molecule has 2 fully saturated rings. The number of aromatic amines is 1. The minimum atomic E-state index is -0.0291. The number of benzene rings is 1. The standard InChI is InChI=1S/C30H35N7O2/c1-20-4-3-5-27(35-20)29-28(33-19-34-29)21-6-7-26-23(14-21)15-24(16-32-26)31-10-13-37-12-8-22(17-37)30(38)39-25-9-11-36(2)18-25/h3-7,14-16,19,22,25,31H,8-13,17-18H2,1-2H3,(H,33,34)/t22-,25+/m0/s1. The summed E-state index contributed by atoms with van der Waals surface area (Å²) >= 11 is 0. The van der Waals surface area contributed by atoms with Crippen LogP contribution in [-0.4, -0.2) is 88.1 Å². The van der Waals surface area contributed by atoms with Gasteiger partial charge < -0.3 is 24.8 Å². The molecule has 2 N–H and O–H groups in total. The molecule has 0 amide bonds. The van der Waals surface area contributed by atoms with Crippen molar-refractivity contribution in [1.82, 2.24) is 29.7 Å². The number of ether oxygens (including phenoxy) is 1. The van der Waals surface area contributed by atoms with Crippen LogP contribution < -0.4 is 5.32 Å². The normalized spacial score (nSPS) is 20.1. The van der Waals surface area contributed by atoms with Crippen molar-refractivity contribution in [1.29, 1.82) is 0 Å². The van der Waals surface area contributed by atoms with E-state index in [9.17, 15) is 4.79 Å². The molecule has 9 nitrogen and oxygen atoms in total. The molecule has 0 saturated carbocycles. The third-order valence-electron chi connectivity index (χ3n) is 7.73. The Hall–Kier alpha value is -3.82. The average molecular weight is 526 g/mol. The fourth-order valence-corrected chi connectivity index (χ4v) is 5.60. The summed E-state index contributed by atoms with van der Waals surface area (Å²) in [6, 6.07) is 14.3. The average Bonchev–Trinajstić information content (AvgIpc) is 3.70. The topological polar surface area (TPSA) is 99.3 Å². The van der Waals surface area contributed by atoms with E-state index < -0.39 is 0 Å². The van der Waals surface area contributed by atoms with Gasteiger partial charge in [0.05, 0.1) is 46.7 Å². The predicted octanol–water partition coefficient (Wildman–Crippen LogP) is 3.98. The van der Waals surface area contributed by atoms with Crippen LogP contribution in [0.5, 0.6) is 0 Å². The first-order chi connectivity index (χ1) is 19.0. The zero-order valence-electron chi connectivity index (χ0n) is 22.6. The molecular formula is C30H35N7O2. The summed E-state index contributed by atoms with van der Waals surface area (Å²) in [5.74, 6) is -0.0443. The van der Waals surface area contributed by atoms with Crippen molar-refractivity contribution in [3.05, 3.63) is 60.7 Å². The number of fused-ring (bicyclic) bond motifs is 1. The van der Waals surface area contributed by atoms with E-state index in [1.165, 1.54) is 0 Å². The second-order valence-electron chi connectivity index (χ2n) is 10.7. The predicted molar refractivity (Wildman–Crippen MR) is 152 cm³/mol. The van der Waals surface area contributed by atoms with E-state index >= 15 is 0 Å². The number of likely N-dealkylation sites (tertiary alicyclic amines) is 2. The van der Waals surface area contributed by atoms with Gasteiger partial charge in [0.15, 0.2) is 0 Å². The maximum atomic E-state index is 12.6. The molecule has 2 atom stereocenters. The highest BCUT2D eigenvalue weighted by Crippen LogP contribution is 2.30. The molecule has 39 heavy (non-hydrogen) atoms. The molecule has 0 aliphatic carbocycles. The Morgan fingerprint density at radius 3 is 2.90 bits per heavy atom. The number of nitrogens with zero attached hydrogens (tertiary/aromatic N) is 5. The summed E-state index contributed by atoms with van der Waals surface area (Å²) in [6.07, 6.45) is 5.45. The summed E-state index contributed by atoms with van der Waals surface area (Å²) in [5, 5.41) is 4.56. The van der Waals surface area contributed by atoms with E-state index in [1.807, 2.05) is 37.4 Å². The maximum Gasteiger partial charge on any atom is 0.310 e. The summed E-state index contributed by atoms with van der Waals surface area (Å²) in [4.78, 5) is 34.3. The maximum absolute atomic E-state index is 12.6. The minimum absolute atomic E-state index is 0.0152. The third kappa shape index (κ3) is 5.79. The number of likely N-dealkylation sites (N-methyl/N-ethyl adjacent to an activating group) is 1. The fourth-order valence-electron chi connectivity index (χ4n) is 5.60. The lowest BCUT2D eigenvalue weighted by Gasteiger charge is -2.18. The number of nitrogens with one attached hydrogen (secondary N) is 2. The second kappa shape index (κ2) is 11.1. The van der Waals surface area contributed by atoms with E-state index in [-0.39, 0.29) is 18.0 Å². The number of imidazole rings is 1. The molecule has 3 aromatic heterocycles. The molecule has 5 heterocycles. The van der Waals surface area contributed by atoms with Crippen LogP contribution in [0.3, 0.4) is 0 Å². The Bertz CT molecular complexity index is 1470. The van der Waals surface area contributed by atoms with Gasteiger partial charge in [-0.1, -0.05) is 12.1 Å². The lowest BCUT2D eigenvalue weighted by molar-refractivity contribution is -0.152. The van der Waals surface area contributed by atoms with Gasteiger partial charge in [-0.05, 0) is 63.7 Å². The number of pyridine rings is 2. The molecule has 0 radical (unpaired) electrons. The number of carbonyl (C=O) groups excluding carboxylic acids is 1. The quantitative estimate of drug-likeness (QED) is 0.334. The Balaban J connectivity index is 1.07. The zero-order chi connectivity index (χ0) is 26.8. The molecule has 6 rings (SSSR count). The first-order valence-electron chi connectivity index (χ1n) is 13.7. The van der Waals surface area contributed by atoms with E-state index in [1.54, 1.807) is 6.33 Å². The molecular weight excluding hydrogens is 490 g/mol. The first-order valence-corrected chi connectivity index (χ1v) is 13.7. The molecule has 4 aromatic rings. The Kier molecular flexibility index (Phi) is 7.26. The molecule has 0 spiro atoms. The van der Waals surface area contributed by atoms with Crippen LogP contribution in [-0.2, 0) is 9.53 Å².